The fourth-order valence-corrected chi connectivity index (χ4v) is 4.61. The smallest absolute Gasteiger partial charge is 0.269 e. The predicted molar refractivity (Wildman–Crippen MR) is 133 cm³/mol. The molecule has 34 heavy (non-hydrogen) atoms. The van der Waals surface area contributed by atoms with Crippen molar-refractivity contribution in [2.24, 2.45) is 5.92 Å². The first-order valence-corrected chi connectivity index (χ1v) is 12.3. The Morgan fingerprint density at radius 3 is 2.35 bits per heavy atom. The number of hydrogen-bond donors (Lipinski definition) is 1. The van der Waals surface area contributed by atoms with E-state index >= 15 is 0 Å². The number of benzene rings is 2. The second kappa shape index (κ2) is 12.1. The molecule has 0 spiro atoms. The van der Waals surface area contributed by atoms with Crippen LogP contribution < -0.4 is 5.32 Å². The molecular formula is C27H37N3O4. The van der Waals surface area contributed by atoms with E-state index in [1.807, 2.05) is 56.3 Å². The third kappa shape index (κ3) is 6.21. The number of nitrogens with one attached hydrogen (secondary N) is 1. The molecule has 0 radical (unpaired) electrons. The third-order valence-electron chi connectivity index (χ3n) is 6.66. The van der Waals surface area contributed by atoms with Gasteiger partial charge in [0.1, 0.15) is 0 Å². The maximum atomic E-state index is 13.7. The fourth-order valence-electron chi connectivity index (χ4n) is 4.61. The Morgan fingerprint density at radius 2 is 1.79 bits per heavy atom. The van der Waals surface area contributed by atoms with Crippen molar-refractivity contribution in [1.29, 1.82) is 0 Å². The highest BCUT2D eigenvalue weighted by atomic mass is 16.6. The van der Waals surface area contributed by atoms with Crippen molar-refractivity contribution in [2.75, 3.05) is 19.7 Å². The Kier molecular flexibility index (Phi) is 9.19. The summed E-state index contributed by atoms with van der Waals surface area (Å²) in [5, 5.41) is 14.2. The number of rotatable bonds is 11. The number of nitro groups is 1. The molecule has 2 aromatic rings. The monoisotopic (exact) mass is 467 g/mol. The van der Waals surface area contributed by atoms with E-state index in [1.54, 1.807) is 12.1 Å². The lowest BCUT2D eigenvalue weighted by Crippen LogP contribution is -2.54. The van der Waals surface area contributed by atoms with E-state index in [0.717, 1.165) is 56.4 Å². The third-order valence-corrected chi connectivity index (χ3v) is 6.66. The number of carbonyl (C=O) groups excluding carboxylic acids is 1. The van der Waals surface area contributed by atoms with Gasteiger partial charge in [0, 0.05) is 44.4 Å². The summed E-state index contributed by atoms with van der Waals surface area (Å²) in [7, 11) is 0. The number of amides is 1. The minimum Gasteiger partial charge on any atom is -0.360 e. The van der Waals surface area contributed by atoms with Gasteiger partial charge in [0.05, 0.1) is 4.92 Å². The number of piperidine rings is 1. The predicted octanol–water partition coefficient (Wildman–Crippen LogP) is 5.04. The summed E-state index contributed by atoms with van der Waals surface area (Å²) in [6.45, 7) is 9.23. The van der Waals surface area contributed by atoms with Gasteiger partial charge < -0.3 is 10.1 Å². The minimum atomic E-state index is -1.01. The first-order valence-electron chi connectivity index (χ1n) is 12.3. The van der Waals surface area contributed by atoms with Crippen LogP contribution in [0.2, 0.25) is 0 Å². The van der Waals surface area contributed by atoms with Crippen molar-refractivity contribution in [2.45, 2.75) is 64.6 Å². The lowest BCUT2D eigenvalue weighted by atomic mass is 9.81. The lowest BCUT2D eigenvalue weighted by Gasteiger charge is -2.39. The molecule has 7 nitrogen and oxygen atoms in total. The van der Waals surface area contributed by atoms with Gasteiger partial charge in [0.25, 0.3) is 11.6 Å². The molecule has 1 fully saturated rings. The number of nitro benzene ring substituents is 1. The van der Waals surface area contributed by atoms with Crippen LogP contribution in [0.15, 0.2) is 54.6 Å². The Labute approximate surface area is 202 Å². The van der Waals surface area contributed by atoms with Gasteiger partial charge in [-0.1, -0.05) is 69.7 Å². The van der Waals surface area contributed by atoms with Crippen molar-refractivity contribution in [3.8, 4) is 0 Å². The van der Waals surface area contributed by atoms with Gasteiger partial charge in [-0.2, -0.15) is 0 Å². The first kappa shape index (κ1) is 25.8. The minimum absolute atomic E-state index is 0.0195. The van der Waals surface area contributed by atoms with Crippen LogP contribution in [0.3, 0.4) is 0 Å². The number of ether oxygens (including phenoxy) is 1. The van der Waals surface area contributed by atoms with E-state index in [2.05, 4.69) is 17.1 Å². The molecule has 3 rings (SSSR count). The van der Waals surface area contributed by atoms with Crippen LogP contribution in [-0.2, 0) is 21.7 Å². The summed E-state index contributed by atoms with van der Waals surface area (Å²) in [5.41, 5.74) is 1.06. The molecule has 2 aromatic carbocycles. The van der Waals surface area contributed by atoms with Gasteiger partial charge in [-0.05, 0) is 36.3 Å². The number of unbranched alkanes of at least 4 members (excludes halogenated alkanes) is 1. The summed E-state index contributed by atoms with van der Waals surface area (Å²) in [6.07, 6.45) is 3.64. The molecule has 0 saturated carbocycles. The van der Waals surface area contributed by atoms with Gasteiger partial charge >= 0.3 is 0 Å². The highest BCUT2D eigenvalue weighted by Crippen LogP contribution is 2.35. The Morgan fingerprint density at radius 1 is 1.15 bits per heavy atom. The molecule has 0 bridgehead atoms. The van der Waals surface area contributed by atoms with Gasteiger partial charge in [0.15, 0.2) is 5.60 Å². The normalized spacial score (nSPS) is 16.8. The number of likely N-dealkylation sites (tertiary alicyclic amines) is 1. The quantitative estimate of drug-likeness (QED) is 0.284. The van der Waals surface area contributed by atoms with Crippen molar-refractivity contribution in [3.63, 3.8) is 0 Å². The standard InChI is InChI=1S/C27H37N3O4/c1-4-5-19-34-27(21(2)3,23-9-7-6-8-10-23)26(31)28-24-15-17-29(18-16-24)20-22-11-13-25(14-12-22)30(32)33/h6-14,21,24H,4-5,15-20H2,1-3H3,(H,28,31). The van der Waals surface area contributed by atoms with Crippen LogP contribution in [0.5, 0.6) is 0 Å². The van der Waals surface area contributed by atoms with E-state index in [4.69, 9.17) is 4.74 Å². The molecule has 0 aliphatic carbocycles. The van der Waals surface area contributed by atoms with Gasteiger partial charge in [-0.3, -0.25) is 19.8 Å². The van der Waals surface area contributed by atoms with Crippen LogP contribution >= 0.6 is 0 Å². The SMILES string of the molecule is CCCCOC(C(=O)NC1CCN(Cc2ccc([N+](=O)[O-])cc2)CC1)(c1ccccc1)C(C)C. The van der Waals surface area contributed by atoms with E-state index in [1.165, 1.54) is 0 Å². The number of carbonyl (C=O) groups is 1. The molecule has 1 amide bonds. The lowest BCUT2D eigenvalue weighted by molar-refractivity contribution is -0.384. The Hall–Kier alpha value is -2.77. The highest BCUT2D eigenvalue weighted by molar-refractivity contribution is 5.87. The van der Waals surface area contributed by atoms with E-state index in [9.17, 15) is 14.9 Å². The van der Waals surface area contributed by atoms with Crippen molar-refractivity contribution in [3.05, 3.63) is 75.8 Å². The number of nitrogens with zero attached hydrogens (tertiary/aromatic N) is 2. The molecule has 1 atom stereocenters. The molecule has 1 unspecified atom stereocenters. The summed E-state index contributed by atoms with van der Waals surface area (Å²) >= 11 is 0. The molecule has 0 aromatic heterocycles. The van der Waals surface area contributed by atoms with Gasteiger partial charge in [0.2, 0.25) is 0 Å². The molecule has 1 aliphatic rings. The van der Waals surface area contributed by atoms with E-state index in [-0.39, 0.29) is 28.5 Å². The molecule has 1 aliphatic heterocycles. The average Bonchev–Trinajstić information content (AvgIpc) is 2.84. The number of non-ortho nitro benzene ring substituents is 1. The fraction of sp³-hybridized carbons (Fsp3) is 0.519. The van der Waals surface area contributed by atoms with Crippen LogP contribution in [0, 0.1) is 16.0 Å². The van der Waals surface area contributed by atoms with Crippen LogP contribution in [0.1, 0.15) is 57.6 Å². The number of hydrogen-bond acceptors (Lipinski definition) is 5. The van der Waals surface area contributed by atoms with Crippen LogP contribution in [0.4, 0.5) is 5.69 Å². The highest BCUT2D eigenvalue weighted by Gasteiger charge is 2.45. The van der Waals surface area contributed by atoms with E-state index < -0.39 is 5.60 Å². The molecule has 7 heteroatoms. The van der Waals surface area contributed by atoms with Crippen molar-refractivity contribution < 1.29 is 14.5 Å². The second-order valence-electron chi connectivity index (χ2n) is 9.41. The van der Waals surface area contributed by atoms with Crippen LogP contribution in [0.25, 0.3) is 0 Å². The zero-order valence-electron chi connectivity index (χ0n) is 20.5. The summed E-state index contributed by atoms with van der Waals surface area (Å²) in [6, 6.07) is 16.7. The summed E-state index contributed by atoms with van der Waals surface area (Å²) < 4.78 is 6.38. The summed E-state index contributed by atoms with van der Waals surface area (Å²) in [5.74, 6) is -0.0763. The molecule has 1 N–H and O–H groups in total. The van der Waals surface area contributed by atoms with E-state index in [0.29, 0.717) is 6.61 Å². The Bertz CT molecular complexity index is 925. The maximum Gasteiger partial charge on any atom is 0.269 e. The molecule has 1 saturated heterocycles. The topological polar surface area (TPSA) is 84.7 Å². The zero-order chi connectivity index (χ0) is 24.6. The van der Waals surface area contributed by atoms with Crippen molar-refractivity contribution in [1.82, 2.24) is 10.2 Å². The zero-order valence-corrected chi connectivity index (χ0v) is 20.5. The van der Waals surface area contributed by atoms with Gasteiger partial charge in [-0.25, -0.2) is 0 Å². The molecule has 1 heterocycles. The first-order chi connectivity index (χ1) is 16.4. The summed E-state index contributed by atoms with van der Waals surface area (Å²) in [4.78, 5) is 26.5. The average molecular weight is 468 g/mol. The maximum absolute atomic E-state index is 13.7. The van der Waals surface area contributed by atoms with Crippen LogP contribution in [-0.4, -0.2) is 41.5 Å². The molecule has 184 valence electrons. The van der Waals surface area contributed by atoms with Gasteiger partial charge in [-0.15, -0.1) is 0 Å². The molecular weight excluding hydrogens is 430 g/mol. The second-order valence-corrected chi connectivity index (χ2v) is 9.41. The largest absolute Gasteiger partial charge is 0.360 e. The Balaban J connectivity index is 1.63. The van der Waals surface area contributed by atoms with Crippen molar-refractivity contribution >= 4 is 11.6 Å².